The number of hydrogen-bond donors (Lipinski definition) is 2. The third-order valence-corrected chi connectivity index (χ3v) is 13.6. The number of hydrazine groups is 2. The number of hydrogen-bond acceptors (Lipinski definition) is 10. The summed E-state index contributed by atoms with van der Waals surface area (Å²) in [4.78, 5) is 63.3. The second-order valence-corrected chi connectivity index (χ2v) is 17.2. The van der Waals surface area contributed by atoms with E-state index in [2.05, 4.69) is 10.4 Å². The van der Waals surface area contributed by atoms with E-state index in [-0.39, 0.29) is 40.1 Å². The lowest BCUT2D eigenvalue weighted by Gasteiger charge is -2.50. The summed E-state index contributed by atoms with van der Waals surface area (Å²) in [5.41, 5.74) is 1.61. The topological polar surface area (TPSA) is 142 Å². The maximum absolute atomic E-state index is 15.5. The molecule has 0 radical (unpaired) electrons. The number of anilines is 2. The van der Waals surface area contributed by atoms with Crippen LogP contribution in [0.4, 0.5) is 24.7 Å². The zero-order valence-electron chi connectivity index (χ0n) is 31.6. The minimum atomic E-state index is -4.85. The Labute approximate surface area is 369 Å². The molecule has 19 heteroatoms. The second kappa shape index (κ2) is 15.3. The molecule has 0 spiro atoms. The lowest BCUT2D eigenvalue weighted by molar-refractivity contribution is -0.142. The van der Waals surface area contributed by atoms with E-state index >= 15 is 9.59 Å². The van der Waals surface area contributed by atoms with Gasteiger partial charge in [0.05, 0.1) is 56.7 Å². The number of phenolic OH excluding ortho intramolecular Hbond substituents is 1. The molecule has 4 aromatic rings. The summed E-state index contributed by atoms with van der Waals surface area (Å²) in [6.07, 6.45) is -3.14. The van der Waals surface area contributed by atoms with Crippen LogP contribution in [0.3, 0.4) is 0 Å². The Kier molecular flexibility index (Phi) is 10.7. The lowest BCUT2D eigenvalue weighted by Crippen LogP contribution is -2.53. The molecule has 3 heterocycles. The predicted octanol–water partition coefficient (Wildman–Crippen LogP) is 8.42. The van der Waals surface area contributed by atoms with Crippen LogP contribution in [0, 0.1) is 27.2 Å². The number of phenols is 1. The molecule has 6 atom stereocenters. The SMILES string of the molecule is COc1ccc(C23C(=O)N(Nc4ccc(Cl)cc4Cl)C(=O)C2CC2C(=CCC4C(=O)N(N(C)c5nc(C(F)(F)F)ccc5Cl)C(=O)C42)C3c2cc(I)c(O)c(OC)c2)cc1. The number of carbonyl (C=O) groups excluding carboxylic acids is 4. The van der Waals surface area contributed by atoms with Crippen LogP contribution in [0.25, 0.3) is 0 Å². The normalized spacial score (nSPS) is 24.8. The van der Waals surface area contributed by atoms with Gasteiger partial charge in [-0.25, -0.2) is 4.98 Å². The highest BCUT2D eigenvalue weighted by molar-refractivity contribution is 14.1. The fourth-order valence-corrected chi connectivity index (χ4v) is 10.6. The van der Waals surface area contributed by atoms with Crippen LogP contribution in [0.5, 0.6) is 17.2 Å². The number of ether oxygens (including phenoxy) is 2. The van der Waals surface area contributed by atoms with Gasteiger partial charge < -0.3 is 14.6 Å². The Morgan fingerprint density at radius 3 is 2.28 bits per heavy atom. The maximum atomic E-state index is 15.5. The van der Waals surface area contributed by atoms with Crippen LogP contribution >= 0.6 is 57.4 Å². The largest absolute Gasteiger partial charge is 0.504 e. The van der Waals surface area contributed by atoms with Gasteiger partial charge in [-0.1, -0.05) is 58.6 Å². The monoisotopic (exact) mass is 995 g/mol. The van der Waals surface area contributed by atoms with Crippen molar-refractivity contribution in [2.75, 3.05) is 31.7 Å². The zero-order chi connectivity index (χ0) is 43.2. The first kappa shape index (κ1) is 41.9. The number of fused-ring (bicyclic) bond motifs is 4. The minimum absolute atomic E-state index is 0.00577. The van der Waals surface area contributed by atoms with Crippen LogP contribution in [-0.2, 0) is 30.8 Å². The van der Waals surface area contributed by atoms with Crippen molar-refractivity contribution in [1.29, 1.82) is 0 Å². The van der Waals surface area contributed by atoms with Crippen molar-refractivity contribution in [3.05, 3.63) is 114 Å². The Balaban J connectivity index is 1.31. The Hall–Kier alpha value is -4.78. The molecule has 4 amide bonds. The summed E-state index contributed by atoms with van der Waals surface area (Å²) in [5, 5.41) is 13.8. The number of aromatic hydroxyl groups is 1. The first-order valence-electron chi connectivity index (χ1n) is 18.3. The summed E-state index contributed by atoms with van der Waals surface area (Å²) >= 11 is 21.0. The Bertz CT molecular complexity index is 2530. The quantitative estimate of drug-likeness (QED) is 0.100. The Morgan fingerprint density at radius 1 is 0.917 bits per heavy atom. The van der Waals surface area contributed by atoms with Gasteiger partial charge in [-0.3, -0.25) is 29.6 Å². The van der Waals surface area contributed by atoms with Crippen LogP contribution in [0.1, 0.15) is 35.6 Å². The predicted molar refractivity (Wildman–Crippen MR) is 223 cm³/mol. The first-order valence-corrected chi connectivity index (χ1v) is 20.5. The number of rotatable bonds is 8. The average molecular weight is 997 g/mol. The number of amides is 4. The second-order valence-electron chi connectivity index (χ2n) is 14.8. The van der Waals surface area contributed by atoms with Gasteiger partial charge >= 0.3 is 6.18 Å². The summed E-state index contributed by atoms with van der Waals surface area (Å²) in [5.74, 6) is -7.97. The van der Waals surface area contributed by atoms with Gasteiger partial charge in [0.15, 0.2) is 17.3 Å². The first-order chi connectivity index (χ1) is 28.4. The van der Waals surface area contributed by atoms with Crippen molar-refractivity contribution >= 4 is 92.5 Å². The van der Waals surface area contributed by atoms with E-state index in [4.69, 9.17) is 44.3 Å². The maximum Gasteiger partial charge on any atom is 0.433 e. The standard InChI is InChI=1S/C41H32Cl3F3IN5O7/c1-51(35-26(43)11-13-31(49-35)41(45,46)47)53-36(55)23-10-9-22-24(32(23)38(53)57)17-25-37(56)52(50-29-12-6-20(42)16-27(29)44)39(58)40(25,19-4-7-21(59-2)8-5-19)33(22)18-14-28(48)34(54)30(15-18)60-3/h4-9,11-16,23-25,32-33,50,54H,10,17H2,1-3H3. The van der Waals surface area contributed by atoms with Gasteiger partial charge in [0.2, 0.25) is 0 Å². The molecule has 6 unspecified atom stereocenters. The molecule has 0 bridgehead atoms. The lowest BCUT2D eigenvalue weighted by atomic mass is 9.49. The van der Waals surface area contributed by atoms with E-state index in [1.54, 1.807) is 42.5 Å². The molecule has 2 aliphatic heterocycles. The van der Waals surface area contributed by atoms with Crippen molar-refractivity contribution < 1.29 is 46.9 Å². The zero-order valence-corrected chi connectivity index (χ0v) is 36.0. The van der Waals surface area contributed by atoms with E-state index in [0.717, 1.165) is 21.1 Å². The molecule has 2 N–H and O–H groups in total. The van der Waals surface area contributed by atoms with Crippen LogP contribution in [0.15, 0.2) is 78.4 Å². The number of pyridine rings is 1. The van der Waals surface area contributed by atoms with Crippen LogP contribution in [-0.4, -0.2) is 65.0 Å². The number of aromatic nitrogens is 1. The number of nitrogens with one attached hydrogen (secondary N) is 1. The average Bonchev–Trinajstić information content (AvgIpc) is 3.59. The summed E-state index contributed by atoms with van der Waals surface area (Å²) in [6.45, 7) is 0. The van der Waals surface area contributed by atoms with Gasteiger partial charge in [0.1, 0.15) is 11.4 Å². The van der Waals surface area contributed by atoms with Crippen molar-refractivity contribution in [3.63, 3.8) is 0 Å². The molecule has 2 saturated heterocycles. The molecule has 12 nitrogen and oxygen atoms in total. The smallest absolute Gasteiger partial charge is 0.433 e. The highest BCUT2D eigenvalue weighted by atomic mass is 127. The van der Waals surface area contributed by atoms with E-state index in [1.165, 1.54) is 39.5 Å². The third-order valence-electron chi connectivity index (χ3n) is 11.9. The van der Waals surface area contributed by atoms with Crippen molar-refractivity contribution in [1.82, 2.24) is 15.0 Å². The molecule has 8 rings (SSSR count). The number of allylic oxidation sites excluding steroid dienone is 2. The van der Waals surface area contributed by atoms with Gasteiger partial charge in [0.25, 0.3) is 23.6 Å². The number of halogens is 7. The molecule has 3 aromatic carbocycles. The Morgan fingerprint density at radius 2 is 1.63 bits per heavy atom. The number of imide groups is 2. The van der Waals surface area contributed by atoms with Crippen molar-refractivity contribution in [2.24, 2.45) is 23.7 Å². The van der Waals surface area contributed by atoms with E-state index in [0.29, 0.717) is 37.1 Å². The molecule has 312 valence electrons. The molecular formula is C41H32Cl3F3IN5O7. The van der Waals surface area contributed by atoms with Crippen LogP contribution in [0.2, 0.25) is 15.1 Å². The van der Waals surface area contributed by atoms with Crippen molar-refractivity contribution in [2.45, 2.75) is 30.4 Å². The molecule has 3 fully saturated rings. The molecular weight excluding hydrogens is 965 g/mol. The van der Waals surface area contributed by atoms with E-state index in [1.807, 2.05) is 22.6 Å². The third kappa shape index (κ3) is 6.43. The van der Waals surface area contributed by atoms with E-state index < -0.39 is 76.3 Å². The molecule has 4 aliphatic rings. The fraction of sp³-hybridized carbons (Fsp3) is 0.293. The molecule has 2 aliphatic carbocycles. The number of benzene rings is 3. The summed E-state index contributed by atoms with van der Waals surface area (Å²) < 4.78 is 52.7. The number of nitrogens with zero attached hydrogens (tertiary/aromatic N) is 4. The van der Waals surface area contributed by atoms with Gasteiger partial charge in [-0.05, 0) is 107 Å². The van der Waals surface area contributed by atoms with Gasteiger partial charge in [0, 0.05) is 18.0 Å². The van der Waals surface area contributed by atoms with E-state index in [9.17, 15) is 27.9 Å². The van der Waals surface area contributed by atoms with Crippen molar-refractivity contribution in [3.8, 4) is 17.2 Å². The van der Waals surface area contributed by atoms with Gasteiger partial charge in [-0.15, -0.1) is 0 Å². The summed E-state index contributed by atoms with van der Waals surface area (Å²) in [7, 11) is 4.08. The molecule has 1 aromatic heterocycles. The minimum Gasteiger partial charge on any atom is -0.504 e. The fourth-order valence-electron chi connectivity index (χ4n) is 9.32. The molecule has 60 heavy (non-hydrogen) atoms. The number of carbonyl (C=O) groups is 4. The highest BCUT2D eigenvalue weighted by Crippen LogP contribution is 2.65. The van der Waals surface area contributed by atoms with Crippen LogP contribution < -0.4 is 19.9 Å². The summed E-state index contributed by atoms with van der Waals surface area (Å²) in [6, 6.07) is 16.2. The number of methoxy groups -OCH3 is 2. The number of alkyl halides is 3. The van der Waals surface area contributed by atoms with Gasteiger partial charge in [-0.2, -0.15) is 23.2 Å². The molecule has 1 saturated carbocycles. The highest BCUT2D eigenvalue weighted by Gasteiger charge is 2.70.